The van der Waals surface area contributed by atoms with Gasteiger partial charge < -0.3 is 0 Å². The highest BCUT2D eigenvalue weighted by Crippen LogP contribution is 2.23. The van der Waals surface area contributed by atoms with E-state index in [1.54, 1.807) is 0 Å². The molecule has 0 saturated carbocycles. The first-order valence-electron chi connectivity index (χ1n) is 5.27. The van der Waals surface area contributed by atoms with Gasteiger partial charge in [0, 0.05) is 0 Å². The van der Waals surface area contributed by atoms with Gasteiger partial charge in [-0.15, -0.1) is 0 Å². The molecule has 17 heavy (non-hydrogen) atoms. The SMILES string of the molecule is Cc1cc(-n2nc(C)c(Br)c2C)ccc1C#N. The maximum Gasteiger partial charge on any atom is 0.0994 e. The topological polar surface area (TPSA) is 41.6 Å². The van der Waals surface area contributed by atoms with E-state index in [2.05, 4.69) is 27.1 Å². The Morgan fingerprint density at radius 2 is 2.00 bits per heavy atom. The number of nitrogens with zero attached hydrogens (tertiary/aromatic N) is 3. The molecule has 1 aromatic carbocycles. The van der Waals surface area contributed by atoms with Gasteiger partial charge in [0.2, 0.25) is 0 Å². The Kier molecular flexibility index (Phi) is 3.03. The summed E-state index contributed by atoms with van der Waals surface area (Å²) in [5.74, 6) is 0. The lowest BCUT2D eigenvalue weighted by molar-refractivity contribution is 0.832. The highest BCUT2D eigenvalue weighted by molar-refractivity contribution is 9.10. The molecule has 0 N–H and O–H groups in total. The summed E-state index contributed by atoms with van der Waals surface area (Å²) in [6, 6.07) is 7.89. The van der Waals surface area contributed by atoms with E-state index >= 15 is 0 Å². The Bertz CT molecular complexity index is 620. The van der Waals surface area contributed by atoms with Crippen LogP contribution in [-0.2, 0) is 0 Å². The third kappa shape index (κ3) is 1.98. The zero-order valence-corrected chi connectivity index (χ0v) is 11.5. The van der Waals surface area contributed by atoms with Crippen LogP contribution in [0.5, 0.6) is 0 Å². The average Bonchev–Trinajstić information content (AvgIpc) is 2.57. The summed E-state index contributed by atoms with van der Waals surface area (Å²) in [5, 5.41) is 13.4. The molecular formula is C13H12BrN3. The Balaban J connectivity index is 2.58. The molecule has 0 atom stereocenters. The van der Waals surface area contributed by atoms with Crippen LogP contribution < -0.4 is 0 Å². The molecule has 0 bridgehead atoms. The summed E-state index contributed by atoms with van der Waals surface area (Å²) in [6.45, 7) is 5.91. The van der Waals surface area contributed by atoms with Crippen LogP contribution in [0.25, 0.3) is 5.69 Å². The van der Waals surface area contributed by atoms with Crippen LogP contribution in [-0.4, -0.2) is 9.78 Å². The summed E-state index contributed by atoms with van der Waals surface area (Å²) < 4.78 is 2.91. The average molecular weight is 290 g/mol. The molecule has 0 aliphatic carbocycles. The van der Waals surface area contributed by atoms with Crippen molar-refractivity contribution in [1.29, 1.82) is 5.26 Å². The van der Waals surface area contributed by atoms with Gasteiger partial charge in [-0.2, -0.15) is 10.4 Å². The standard InChI is InChI=1S/C13H12BrN3/c1-8-6-12(5-4-11(8)7-15)17-10(3)13(14)9(2)16-17/h4-6H,1-3H3. The third-order valence-electron chi connectivity index (χ3n) is 2.78. The molecule has 0 amide bonds. The number of hydrogen-bond donors (Lipinski definition) is 0. The lowest BCUT2D eigenvalue weighted by Gasteiger charge is -2.06. The van der Waals surface area contributed by atoms with Gasteiger partial charge >= 0.3 is 0 Å². The Morgan fingerprint density at radius 1 is 1.29 bits per heavy atom. The molecule has 2 rings (SSSR count). The molecule has 4 heteroatoms. The molecule has 1 aromatic heterocycles. The van der Waals surface area contributed by atoms with E-state index in [-0.39, 0.29) is 0 Å². The Hall–Kier alpha value is -1.60. The van der Waals surface area contributed by atoms with Gasteiger partial charge in [-0.25, -0.2) is 4.68 Å². The summed E-state index contributed by atoms with van der Waals surface area (Å²) in [7, 11) is 0. The van der Waals surface area contributed by atoms with E-state index in [9.17, 15) is 0 Å². The van der Waals surface area contributed by atoms with Gasteiger partial charge in [0.15, 0.2) is 0 Å². The smallest absolute Gasteiger partial charge is 0.0994 e. The summed E-state index contributed by atoms with van der Waals surface area (Å²) in [6.07, 6.45) is 0. The fourth-order valence-corrected chi connectivity index (χ4v) is 2.03. The molecule has 0 aliphatic rings. The quantitative estimate of drug-likeness (QED) is 0.807. The van der Waals surface area contributed by atoms with E-state index in [4.69, 9.17) is 5.26 Å². The van der Waals surface area contributed by atoms with Gasteiger partial charge in [0.1, 0.15) is 0 Å². The van der Waals surface area contributed by atoms with Gasteiger partial charge in [-0.05, 0) is 60.5 Å². The van der Waals surface area contributed by atoms with Crippen LogP contribution in [0.2, 0.25) is 0 Å². The highest BCUT2D eigenvalue weighted by Gasteiger charge is 2.10. The maximum absolute atomic E-state index is 8.90. The van der Waals surface area contributed by atoms with Crippen LogP contribution in [0.1, 0.15) is 22.5 Å². The van der Waals surface area contributed by atoms with Crippen LogP contribution >= 0.6 is 15.9 Å². The molecule has 3 nitrogen and oxygen atoms in total. The normalized spacial score (nSPS) is 10.3. The molecule has 0 spiro atoms. The van der Waals surface area contributed by atoms with Gasteiger partial charge in [-0.1, -0.05) is 0 Å². The van der Waals surface area contributed by atoms with Crippen molar-refractivity contribution in [3.63, 3.8) is 0 Å². The molecule has 1 heterocycles. The van der Waals surface area contributed by atoms with Crippen molar-refractivity contribution < 1.29 is 0 Å². The van der Waals surface area contributed by atoms with Crippen molar-refractivity contribution in [2.24, 2.45) is 0 Å². The zero-order valence-electron chi connectivity index (χ0n) is 9.95. The number of aryl methyl sites for hydroxylation is 2. The third-order valence-corrected chi connectivity index (χ3v) is 3.93. The van der Waals surface area contributed by atoms with Gasteiger partial charge in [0.05, 0.1) is 33.2 Å². The van der Waals surface area contributed by atoms with Crippen molar-refractivity contribution >= 4 is 15.9 Å². The fourth-order valence-electron chi connectivity index (χ4n) is 1.78. The molecule has 0 unspecified atom stereocenters. The summed E-state index contributed by atoms with van der Waals surface area (Å²) in [5.41, 5.74) is 4.67. The molecule has 0 radical (unpaired) electrons. The largest absolute Gasteiger partial charge is 0.237 e. The zero-order chi connectivity index (χ0) is 12.6. The number of benzene rings is 1. The fraction of sp³-hybridized carbons (Fsp3) is 0.231. The second-order valence-corrected chi connectivity index (χ2v) is 4.80. The van der Waals surface area contributed by atoms with E-state index < -0.39 is 0 Å². The first-order valence-corrected chi connectivity index (χ1v) is 6.06. The number of rotatable bonds is 1. The monoisotopic (exact) mass is 289 g/mol. The Morgan fingerprint density at radius 3 is 2.47 bits per heavy atom. The van der Waals surface area contributed by atoms with E-state index in [1.807, 2.05) is 43.7 Å². The minimum Gasteiger partial charge on any atom is -0.237 e. The lowest BCUT2D eigenvalue weighted by atomic mass is 10.1. The van der Waals surface area contributed by atoms with Crippen molar-refractivity contribution in [2.75, 3.05) is 0 Å². The molecule has 0 saturated heterocycles. The van der Waals surface area contributed by atoms with Crippen LogP contribution in [0.4, 0.5) is 0 Å². The van der Waals surface area contributed by atoms with Crippen molar-refractivity contribution in [1.82, 2.24) is 9.78 Å². The first kappa shape index (κ1) is 11.9. The second kappa shape index (κ2) is 4.34. The molecule has 86 valence electrons. The number of nitriles is 1. The summed E-state index contributed by atoms with van der Waals surface area (Å²) in [4.78, 5) is 0. The second-order valence-electron chi connectivity index (χ2n) is 4.01. The van der Waals surface area contributed by atoms with Crippen LogP contribution in [0, 0.1) is 32.1 Å². The van der Waals surface area contributed by atoms with E-state index in [0.29, 0.717) is 5.56 Å². The predicted molar refractivity (Wildman–Crippen MR) is 70.2 cm³/mol. The number of aromatic nitrogens is 2. The van der Waals surface area contributed by atoms with Crippen molar-refractivity contribution in [3.05, 3.63) is 45.2 Å². The molecule has 2 aromatic rings. The van der Waals surface area contributed by atoms with Crippen LogP contribution in [0.15, 0.2) is 22.7 Å². The minimum atomic E-state index is 0.703. The van der Waals surface area contributed by atoms with Crippen molar-refractivity contribution in [3.8, 4) is 11.8 Å². The molecular weight excluding hydrogens is 278 g/mol. The number of halogens is 1. The molecule has 0 aliphatic heterocycles. The lowest BCUT2D eigenvalue weighted by Crippen LogP contribution is -2.00. The van der Waals surface area contributed by atoms with E-state index in [0.717, 1.165) is 27.1 Å². The Labute approximate surface area is 109 Å². The minimum absolute atomic E-state index is 0.703. The number of hydrogen-bond acceptors (Lipinski definition) is 2. The highest BCUT2D eigenvalue weighted by atomic mass is 79.9. The van der Waals surface area contributed by atoms with E-state index in [1.165, 1.54) is 0 Å². The summed E-state index contributed by atoms with van der Waals surface area (Å²) >= 11 is 3.51. The van der Waals surface area contributed by atoms with Crippen LogP contribution in [0.3, 0.4) is 0 Å². The predicted octanol–water partition coefficient (Wildman–Crippen LogP) is 3.43. The van der Waals surface area contributed by atoms with Gasteiger partial charge in [0.25, 0.3) is 0 Å². The maximum atomic E-state index is 8.90. The van der Waals surface area contributed by atoms with Gasteiger partial charge in [-0.3, -0.25) is 0 Å². The molecule has 0 fully saturated rings. The van der Waals surface area contributed by atoms with Crippen molar-refractivity contribution in [2.45, 2.75) is 20.8 Å². The first-order chi connectivity index (χ1) is 8.04.